The largest absolute Gasteiger partial charge is 0.342 e. The third-order valence-corrected chi connectivity index (χ3v) is 4.68. The number of likely N-dealkylation sites (tertiary alicyclic amines) is 1. The fraction of sp³-hybridized carbons (Fsp3) is 0.917. The monoisotopic (exact) mass is 244 g/mol. The molecule has 0 radical (unpaired) electrons. The third kappa shape index (κ3) is 1.84. The molecule has 1 aliphatic heterocycles. The van der Waals surface area contributed by atoms with Crippen LogP contribution in [0.4, 0.5) is 0 Å². The molecule has 2 aliphatic carbocycles. The maximum absolute atomic E-state index is 12.1. The van der Waals surface area contributed by atoms with E-state index in [2.05, 4.69) is 4.90 Å². The first-order valence-corrected chi connectivity index (χ1v) is 6.30. The Morgan fingerprint density at radius 3 is 2.44 bits per heavy atom. The summed E-state index contributed by atoms with van der Waals surface area (Å²) in [6, 6.07) is 0.356. The summed E-state index contributed by atoms with van der Waals surface area (Å²) in [6.07, 6.45) is 5.89. The molecule has 3 fully saturated rings. The van der Waals surface area contributed by atoms with Crippen molar-refractivity contribution in [1.82, 2.24) is 4.90 Å². The van der Waals surface area contributed by atoms with Gasteiger partial charge in [0.15, 0.2) is 0 Å². The summed E-state index contributed by atoms with van der Waals surface area (Å²) in [5.74, 6) is 2.10. The van der Waals surface area contributed by atoms with Crippen LogP contribution in [0.3, 0.4) is 0 Å². The topological polar surface area (TPSA) is 46.3 Å². The van der Waals surface area contributed by atoms with Crippen molar-refractivity contribution >= 4 is 18.3 Å². The smallest absolute Gasteiger partial charge is 0.225 e. The van der Waals surface area contributed by atoms with E-state index in [0.717, 1.165) is 25.9 Å². The van der Waals surface area contributed by atoms with E-state index in [4.69, 9.17) is 5.73 Å². The molecule has 3 atom stereocenters. The lowest BCUT2D eigenvalue weighted by molar-refractivity contribution is -0.137. The number of halogens is 1. The van der Waals surface area contributed by atoms with Gasteiger partial charge in [0.2, 0.25) is 5.91 Å². The number of nitrogens with zero attached hydrogens (tertiary/aromatic N) is 1. The standard InChI is InChI=1S/C12H20N2O.ClH/c13-11-5-4-9-6-14(7-10(9)11)12(15)8-2-1-3-8;/h8-11H,1-7,13H2;1H. The molecular weight excluding hydrogens is 224 g/mol. The summed E-state index contributed by atoms with van der Waals surface area (Å²) in [5.41, 5.74) is 6.07. The van der Waals surface area contributed by atoms with Crippen molar-refractivity contribution in [1.29, 1.82) is 0 Å². The van der Waals surface area contributed by atoms with E-state index < -0.39 is 0 Å². The fourth-order valence-electron chi connectivity index (χ4n) is 3.40. The highest BCUT2D eigenvalue weighted by Crippen LogP contribution is 2.39. The fourth-order valence-corrected chi connectivity index (χ4v) is 3.40. The first kappa shape index (κ1) is 12.2. The van der Waals surface area contributed by atoms with Gasteiger partial charge in [-0.3, -0.25) is 4.79 Å². The lowest BCUT2D eigenvalue weighted by Gasteiger charge is -2.29. The second-order valence-corrected chi connectivity index (χ2v) is 5.54. The highest BCUT2D eigenvalue weighted by atomic mass is 35.5. The molecule has 0 aromatic rings. The minimum Gasteiger partial charge on any atom is -0.342 e. The molecule has 0 aromatic heterocycles. The number of amides is 1. The van der Waals surface area contributed by atoms with Crippen LogP contribution in [0.1, 0.15) is 32.1 Å². The number of hydrogen-bond donors (Lipinski definition) is 1. The molecule has 1 heterocycles. The molecule has 2 saturated carbocycles. The number of carbonyl (C=O) groups is 1. The van der Waals surface area contributed by atoms with Crippen LogP contribution in [0.25, 0.3) is 0 Å². The van der Waals surface area contributed by atoms with Crippen LogP contribution in [-0.4, -0.2) is 29.9 Å². The van der Waals surface area contributed by atoms with Gasteiger partial charge in [-0.2, -0.15) is 0 Å². The maximum Gasteiger partial charge on any atom is 0.225 e. The van der Waals surface area contributed by atoms with E-state index in [1.54, 1.807) is 0 Å². The molecule has 0 bridgehead atoms. The summed E-state index contributed by atoms with van der Waals surface area (Å²) >= 11 is 0. The second kappa shape index (κ2) is 4.53. The molecule has 16 heavy (non-hydrogen) atoms. The van der Waals surface area contributed by atoms with Crippen molar-refractivity contribution < 1.29 is 4.79 Å². The van der Waals surface area contributed by atoms with E-state index in [0.29, 0.717) is 29.7 Å². The zero-order valence-corrected chi connectivity index (χ0v) is 10.4. The van der Waals surface area contributed by atoms with Gasteiger partial charge in [0.25, 0.3) is 0 Å². The van der Waals surface area contributed by atoms with Gasteiger partial charge < -0.3 is 10.6 Å². The van der Waals surface area contributed by atoms with E-state index in [9.17, 15) is 4.79 Å². The van der Waals surface area contributed by atoms with Crippen molar-refractivity contribution in [2.45, 2.75) is 38.1 Å². The van der Waals surface area contributed by atoms with Crippen LogP contribution in [-0.2, 0) is 4.79 Å². The number of carbonyl (C=O) groups excluding carboxylic acids is 1. The molecule has 3 unspecified atom stereocenters. The van der Waals surface area contributed by atoms with Crippen LogP contribution in [0.5, 0.6) is 0 Å². The van der Waals surface area contributed by atoms with Gasteiger partial charge >= 0.3 is 0 Å². The summed E-state index contributed by atoms with van der Waals surface area (Å²) in [6.45, 7) is 1.94. The molecule has 4 heteroatoms. The van der Waals surface area contributed by atoms with Crippen molar-refractivity contribution in [2.75, 3.05) is 13.1 Å². The van der Waals surface area contributed by atoms with Crippen LogP contribution in [0, 0.1) is 17.8 Å². The second-order valence-electron chi connectivity index (χ2n) is 5.54. The highest BCUT2D eigenvalue weighted by molar-refractivity contribution is 5.85. The van der Waals surface area contributed by atoms with Crippen molar-refractivity contribution in [3.05, 3.63) is 0 Å². The number of fused-ring (bicyclic) bond motifs is 1. The normalized spacial score (nSPS) is 37.8. The van der Waals surface area contributed by atoms with Crippen LogP contribution in [0.15, 0.2) is 0 Å². The number of hydrogen-bond acceptors (Lipinski definition) is 2. The Bertz CT molecular complexity index is 280. The SMILES string of the molecule is Cl.NC1CCC2CN(C(=O)C3CCC3)CC12. The van der Waals surface area contributed by atoms with Crippen LogP contribution < -0.4 is 5.73 Å². The summed E-state index contributed by atoms with van der Waals surface area (Å²) in [7, 11) is 0. The van der Waals surface area contributed by atoms with Gasteiger partial charge in [-0.1, -0.05) is 6.42 Å². The first-order valence-electron chi connectivity index (χ1n) is 6.30. The highest BCUT2D eigenvalue weighted by Gasteiger charge is 2.44. The van der Waals surface area contributed by atoms with E-state index in [-0.39, 0.29) is 12.4 Å². The average molecular weight is 245 g/mol. The molecular formula is C12H21ClN2O. The predicted octanol–water partition coefficient (Wildman–Crippen LogP) is 1.40. The number of nitrogens with two attached hydrogens (primary N) is 1. The quantitative estimate of drug-likeness (QED) is 0.758. The first-order chi connectivity index (χ1) is 7.25. The van der Waals surface area contributed by atoms with Crippen molar-refractivity contribution in [3.8, 4) is 0 Å². The molecule has 1 amide bonds. The Kier molecular flexibility index (Phi) is 3.45. The predicted molar refractivity (Wildman–Crippen MR) is 65.4 cm³/mol. The summed E-state index contributed by atoms with van der Waals surface area (Å²) in [5, 5.41) is 0. The van der Waals surface area contributed by atoms with E-state index >= 15 is 0 Å². The van der Waals surface area contributed by atoms with Crippen molar-refractivity contribution in [3.63, 3.8) is 0 Å². The molecule has 92 valence electrons. The van der Waals surface area contributed by atoms with Gasteiger partial charge in [0.1, 0.15) is 0 Å². The zero-order valence-electron chi connectivity index (χ0n) is 9.60. The molecule has 0 spiro atoms. The summed E-state index contributed by atoms with van der Waals surface area (Å²) in [4.78, 5) is 14.1. The minimum atomic E-state index is 0. The Morgan fingerprint density at radius 2 is 1.88 bits per heavy atom. The lowest BCUT2D eigenvalue weighted by Crippen LogP contribution is -2.39. The Hall–Kier alpha value is -0.280. The third-order valence-electron chi connectivity index (χ3n) is 4.68. The molecule has 3 nitrogen and oxygen atoms in total. The molecule has 3 rings (SSSR count). The van der Waals surface area contributed by atoms with E-state index in [1.807, 2.05) is 0 Å². The Balaban J connectivity index is 0.000000963. The van der Waals surface area contributed by atoms with Gasteiger partial charge in [0, 0.05) is 25.0 Å². The number of rotatable bonds is 1. The van der Waals surface area contributed by atoms with Gasteiger partial charge in [-0.05, 0) is 37.5 Å². The summed E-state index contributed by atoms with van der Waals surface area (Å²) < 4.78 is 0. The Morgan fingerprint density at radius 1 is 1.12 bits per heavy atom. The Labute approximate surface area is 103 Å². The van der Waals surface area contributed by atoms with Gasteiger partial charge in [-0.25, -0.2) is 0 Å². The van der Waals surface area contributed by atoms with E-state index in [1.165, 1.54) is 19.3 Å². The molecule has 1 saturated heterocycles. The average Bonchev–Trinajstić information content (AvgIpc) is 2.65. The molecule has 2 N–H and O–H groups in total. The van der Waals surface area contributed by atoms with Crippen molar-refractivity contribution in [2.24, 2.45) is 23.5 Å². The zero-order chi connectivity index (χ0) is 10.4. The lowest BCUT2D eigenvalue weighted by atomic mass is 9.84. The maximum atomic E-state index is 12.1. The van der Waals surface area contributed by atoms with Gasteiger partial charge in [0.05, 0.1) is 0 Å². The minimum absolute atomic E-state index is 0. The van der Waals surface area contributed by atoms with Crippen LogP contribution in [0.2, 0.25) is 0 Å². The van der Waals surface area contributed by atoms with Gasteiger partial charge in [-0.15, -0.1) is 12.4 Å². The molecule has 3 aliphatic rings. The molecule has 0 aromatic carbocycles. The van der Waals surface area contributed by atoms with Crippen LogP contribution >= 0.6 is 12.4 Å².